The second-order valence-electron chi connectivity index (χ2n) is 5.59. The number of carboxylic acid groups (broad SMARTS) is 1. The Kier molecular flexibility index (Phi) is 8.39. The minimum atomic E-state index is -1.31. The lowest BCUT2D eigenvalue weighted by Gasteiger charge is -2.21. The molecule has 0 aliphatic heterocycles. The smallest absolute Gasteiger partial charge is 0.326 e. The summed E-state index contributed by atoms with van der Waals surface area (Å²) in [5.74, 6) is -2.98. The molecular weight excluding hydrogens is 340 g/mol. The molecule has 3 N–H and O–H groups in total. The number of hydrogen-bond donors (Lipinski definition) is 3. The van der Waals surface area contributed by atoms with E-state index in [-0.39, 0.29) is 19.3 Å². The fourth-order valence-electron chi connectivity index (χ4n) is 2.25. The molecule has 1 rings (SSSR count). The fourth-order valence-corrected chi connectivity index (χ4v) is 2.25. The number of Topliss-reactive ketones (excluding diaryl/α,β-unsaturated/α-hetero) is 1. The van der Waals surface area contributed by atoms with Crippen LogP contribution in [-0.4, -0.2) is 51.8 Å². The van der Waals surface area contributed by atoms with Gasteiger partial charge in [0, 0.05) is 19.8 Å². The molecule has 2 atom stereocenters. The third kappa shape index (κ3) is 7.50. The summed E-state index contributed by atoms with van der Waals surface area (Å²) in [5, 5.41) is 14.0. The van der Waals surface area contributed by atoms with Crippen molar-refractivity contribution in [2.45, 2.75) is 38.3 Å². The third-order valence-corrected chi connectivity index (χ3v) is 3.47. The van der Waals surface area contributed by atoms with Gasteiger partial charge in [0.05, 0.1) is 0 Å². The summed E-state index contributed by atoms with van der Waals surface area (Å²) in [6.45, 7) is 1.26. The molecule has 0 heterocycles. The van der Waals surface area contributed by atoms with E-state index in [2.05, 4.69) is 15.4 Å². The van der Waals surface area contributed by atoms with E-state index in [0.717, 1.165) is 5.56 Å². The van der Waals surface area contributed by atoms with Crippen molar-refractivity contribution in [2.75, 3.05) is 0 Å². The van der Waals surface area contributed by atoms with Crippen LogP contribution in [0.25, 0.3) is 5.53 Å². The number of rotatable bonds is 10. The molecule has 0 saturated carbocycles. The number of carboxylic acids is 1. The normalized spacial score (nSPS) is 12.2. The molecule has 0 unspecified atom stereocenters. The molecule has 9 nitrogen and oxygen atoms in total. The van der Waals surface area contributed by atoms with Crippen LogP contribution in [0, 0.1) is 0 Å². The van der Waals surface area contributed by atoms with Gasteiger partial charge in [0.15, 0.2) is 0 Å². The van der Waals surface area contributed by atoms with E-state index in [1.807, 2.05) is 6.07 Å². The van der Waals surface area contributed by atoms with Gasteiger partial charge in [-0.2, -0.15) is 4.79 Å². The number of nitrogens with zero attached hydrogens (tertiary/aromatic N) is 2. The number of amides is 2. The zero-order valence-corrected chi connectivity index (χ0v) is 14.2. The molecule has 0 spiro atoms. The summed E-state index contributed by atoms with van der Waals surface area (Å²) in [6, 6.07) is 6.67. The number of nitrogens with one attached hydrogen (secondary N) is 2. The molecule has 0 aliphatic carbocycles. The highest BCUT2D eigenvalue weighted by Gasteiger charge is 2.26. The van der Waals surface area contributed by atoms with Crippen molar-refractivity contribution in [3.8, 4) is 0 Å². The molecule has 1 aromatic rings. The summed E-state index contributed by atoms with van der Waals surface area (Å²) < 4.78 is 0. The van der Waals surface area contributed by atoms with Crippen LogP contribution in [0.4, 0.5) is 0 Å². The maximum Gasteiger partial charge on any atom is 0.326 e. The van der Waals surface area contributed by atoms with Crippen LogP contribution in [0.3, 0.4) is 0 Å². The average Bonchev–Trinajstić information content (AvgIpc) is 2.58. The number of benzene rings is 1. The molecule has 1 aromatic carbocycles. The van der Waals surface area contributed by atoms with Gasteiger partial charge in [-0.15, -0.1) is 0 Å². The predicted molar refractivity (Wildman–Crippen MR) is 91.2 cm³/mol. The molecule has 2 amide bonds. The van der Waals surface area contributed by atoms with Crippen molar-refractivity contribution in [1.29, 1.82) is 0 Å². The largest absolute Gasteiger partial charge is 0.480 e. The van der Waals surface area contributed by atoms with Crippen LogP contribution in [-0.2, 0) is 25.6 Å². The third-order valence-electron chi connectivity index (χ3n) is 3.47. The molecule has 0 fully saturated rings. The van der Waals surface area contributed by atoms with Crippen molar-refractivity contribution in [1.82, 2.24) is 10.6 Å². The van der Waals surface area contributed by atoms with Gasteiger partial charge in [-0.05, 0) is 12.0 Å². The molecule has 0 bridgehead atoms. The Bertz CT molecular complexity index is 713. The second-order valence-corrected chi connectivity index (χ2v) is 5.59. The first kappa shape index (κ1) is 20.7. The Labute approximate surface area is 150 Å². The molecule has 138 valence electrons. The first-order valence-electron chi connectivity index (χ1n) is 7.88. The Morgan fingerprint density at radius 1 is 1.15 bits per heavy atom. The van der Waals surface area contributed by atoms with Gasteiger partial charge in [-0.25, -0.2) is 4.79 Å². The van der Waals surface area contributed by atoms with Crippen molar-refractivity contribution < 1.29 is 29.1 Å². The second kappa shape index (κ2) is 10.5. The van der Waals surface area contributed by atoms with E-state index < -0.39 is 35.7 Å². The first-order valence-corrected chi connectivity index (χ1v) is 7.88. The van der Waals surface area contributed by atoms with Crippen molar-refractivity contribution in [2.24, 2.45) is 0 Å². The summed E-state index contributed by atoms with van der Waals surface area (Å²) in [5.41, 5.74) is 9.07. The monoisotopic (exact) mass is 360 g/mol. The van der Waals surface area contributed by atoms with Gasteiger partial charge in [-0.1, -0.05) is 30.3 Å². The van der Waals surface area contributed by atoms with E-state index in [1.165, 1.54) is 6.92 Å². The van der Waals surface area contributed by atoms with Crippen molar-refractivity contribution in [3.63, 3.8) is 0 Å². The van der Waals surface area contributed by atoms with Crippen LogP contribution in [0.2, 0.25) is 0 Å². The Hall–Kier alpha value is -3.32. The van der Waals surface area contributed by atoms with Crippen LogP contribution in [0.5, 0.6) is 0 Å². The Balaban J connectivity index is 2.80. The highest BCUT2D eigenvalue weighted by atomic mass is 16.4. The summed E-state index contributed by atoms with van der Waals surface area (Å²) >= 11 is 0. The lowest BCUT2D eigenvalue weighted by atomic mass is 10.0. The van der Waals surface area contributed by atoms with Gasteiger partial charge in [0.2, 0.25) is 17.6 Å². The number of hydrogen-bond acceptors (Lipinski definition) is 4. The van der Waals surface area contributed by atoms with Crippen LogP contribution in [0.1, 0.15) is 25.3 Å². The Morgan fingerprint density at radius 3 is 2.35 bits per heavy atom. The standard InChI is InChI=1S/C17H20N4O5/c1-11(22)20-15(9-12-5-3-2-4-6-12)16(24)21-14(17(25)26)8-7-13(23)10-19-18/h2-6,10,14-15H,7-9H2,1H3,(H,20,22)(H,21,24)(H,25,26)/t14-,15-/m0/s1. The van der Waals surface area contributed by atoms with Gasteiger partial charge < -0.3 is 21.3 Å². The summed E-state index contributed by atoms with van der Waals surface area (Å²) in [7, 11) is 0. The van der Waals surface area contributed by atoms with Crippen LogP contribution >= 0.6 is 0 Å². The minimum absolute atomic E-state index is 0.177. The van der Waals surface area contributed by atoms with Crippen LogP contribution < -0.4 is 10.6 Å². The van der Waals surface area contributed by atoms with E-state index >= 15 is 0 Å². The molecule has 0 aliphatic rings. The fraction of sp³-hybridized carbons (Fsp3) is 0.353. The zero-order chi connectivity index (χ0) is 19.5. The van der Waals surface area contributed by atoms with E-state index in [1.54, 1.807) is 24.3 Å². The maximum absolute atomic E-state index is 12.4. The van der Waals surface area contributed by atoms with Crippen molar-refractivity contribution >= 4 is 29.8 Å². The van der Waals surface area contributed by atoms with Crippen LogP contribution in [0.15, 0.2) is 30.3 Å². The predicted octanol–water partition coefficient (Wildman–Crippen LogP) is -0.0469. The average molecular weight is 360 g/mol. The maximum atomic E-state index is 12.4. The van der Waals surface area contributed by atoms with E-state index in [4.69, 9.17) is 5.53 Å². The van der Waals surface area contributed by atoms with Crippen molar-refractivity contribution in [3.05, 3.63) is 41.4 Å². The number of carbonyl (C=O) groups is 4. The quantitative estimate of drug-likeness (QED) is 0.304. The molecule has 0 radical (unpaired) electrons. The lowest BCUT2D eigenvalue weighted by Crippen LogP contribution is -2.52. The zero-order valence-electron chi connectivity index (χ0n) is 14.2. The molecule has 0 aromatic heterocycles. The number of carbonyl (C=O) groups excluding carboxylic acids is 3. The highest BCUT2D eigenvalue weighted by Crippen LogP contribution is 2.05. The topological polar surface area (TPSA) is 149 Å². The number of aliphatic carboxylic acids is 1. The number of ketones is 1. The van der Waals surface area contributed by atoms with Gasteiger partial charge >= 0.3 is 12.2 Å². The van der Waals surface area contributed by atoms with E-state index in [0.29, 0.717) is 6.21 Å². The molecule has 0 saturated heterocycles. The van der Waals surface area contributed by atoms with Gasteiger partial charge in [0.1, 0.15) is 12.1 Å². The van der Waals surface area contributed by atoms with E-state index in [9.17, 15) is 24.3 Å². The molecular formula is C17H20N4O5. The molecule has 26 heavy (non-hydrogen) atoms. The first-order chi connectivity index (χ1) is 12.3. The summed E-state index contributed by atoms with van der Waals surface area (Å²) in [6.07, 6.45) is 0.458. The van der Waals surface area contributed by atoms with Gasteiger partial charge in [0.25, 0.3) is 0 Å². The minimum Gasteiger partial charge on any atom is -0.480 e. The Morgan fingerprint density at radius 2 is 1.81 bits per heavy atom. The lowest BCUT2D eigenvalue weighted by molar-refractivity contribution is -0.142. The summed E-state index contributed by atoms with van der Waals surface area (Å²) in [4.78, 5) is 49.0. The highest BCUT2D eigenvalue weighted by molar-refractivity contribution is 6.25. The SMILES string of the molecule is CC(=O)N[C@@H](Cc1ccccc1)C(=O)N[C@@H](CCC(=O)C=[N+]=[N-])C(=O)O. The van der Waals surface area contributed by atoms with Gasteiger partial charge in [-0.3, -0.25) is 14.4 Å². The molecule has 9 heteroatoms.